The highest BCUT2D eigenvalue weighted by molar-refractivity contribution is 14.0. The van der Waals surface area contributed by atoms with Crippen molar-refractivity contribution in [2.24, 2.45) is 4.99 Å². The fourth-order valence-corrected chi connectivity index (χ4v) is 3.08. The Kier molecular flexibility index (Phi) is 11.7. The molecule has 6 heteroatoms. The molecule has 1 aromatic rings. The molecule has 1 atom stereocenters. The number of para-hydroxylation sites is 1. The first-order chi connectivity index (χ1) is 12.2. The van der Waals surface area contributed by atoms with Gasteiger partial charge in [-0.25, -0.2) is 0 Å². The lowest BCUT2D eigenvalue weighted by Gasteiger charge is -2.19. The normalized spacial score (nSPS) is 16.0. The van der Waals surface area contributed by atoms with Crippen molar-refractivity contribution in [2.75, 3.05) is 39.8 Å². The van der Waals surface area contributed by atoms with Gasteiger partial charge in [0.05, 0.1) is 6.54 Å². The summed E-state index contributed by atoms with van der Waals surface area (Å²) in [7, 11) is 1.81. The third-order valence-electron chi connectivity index (χ3n) is 4.59. The number of nitrogens with one attached hydrogen (secondary N) is 2. The molecule has 26 heavy (non-hydrogen) atoms. The van der Waals surface area contributed by atoms with Crippen molar-refractivity contribution in [3.63, 3.8) is 0 Å². The van der Waals surface area contributed by atoms with Crippen LogP contribution in [0.3, 0.4) is 0 Å². The van der Waals surface area contributed by atoms with Gasteiger partial charge in [0.25, 0.3) is 0 Å². The summed E-state index contributed by atoms with van der Waals surface area (Å²) in [6.07, 6.45) is 5.24. The van der Waals surface area contributed by atoms with Crippen LogP contribution in [0.1, 0.15) is 38.2 Å². The largest absolute Gasteiger partial charge is 0.489 e. The van der Waals surface area contributed by atoms with E-state index >= 15 is 0 Å². The molecule has 1 aromatic carbocycles. The smallest absolute Gasteiger partial charge is 0.191 e. The van der Waals surface area contributed by atoms with Gasteiger partial charge in [0.2, 0.25) is 0 Å². The van der Waals surface area contributed by atoms with Gasteiger partial charge in [-0.1, -0.05) is 18.2 Å². The van der Waals surface area contributed by atoms with Gasteiger partial charge in [0.1, 0.15) is 11.9 Å². The minimum Gasteiger partial charge on any atom is -0.489 e. The van der Waals surface area contributed by atoms with Crippen molar-refractivity contribution in [1.29, 1.82) is 0 Å². The Labute approximate surface area is 176 Å². The fourth-order valence-electron chi connectivity index (χ4n) is 3.08. The molecule has 1 saturated heterocycles. The molecule has 1 unspecified atom stereocenters. The molecule has 0 amide bonds. The number of unbranched alkanes of at least 4 members (excludes halogenated alkanes) is 1. The quantitative estimate of drug-likeness (QED) is 0.249. The van der Waals surface area contributed by atoms with E-state index in [0.29, 0.717) is 0 Å². The highest BCUT2D eigenvalue weighted by atomic mass is 127. The second-order valence-corrected chi connectivity index (χ2v) is 6.83. The zero-order valence-electron chi connectivity index (χ0n) is 16.5. The number of nitrogens with zero attached hydrogens (tertiary/aromatic N) is 2. The van der Waals surface area contributed by atoms with E-state index in [1.807, 2.05) is 25.2 Å². The van der Waals surface area contributed by atoms with Crippen molar-refractivity contribution < 1.29 is 4.74 Å². The summed E-state index contributed by atoms with van der Waals surface area (Å²) in [4.78, 5) is 6.86. The van der Waals surface area contributed by atoms with Gasteiger partial charge in [-0.15, -0.1) is 24.0 Å². The van der Waals surface area contributed by atoms with Crippen molar-refractivity contribution in [3.8, 4) is 5.75 Å². The van der Waals surface area contributed by atoms with Gasteiger partial charge in [0, 0.05) is 13.6 Å². The summed E-state index contributed by atoms with van der Waals surface area (Å²) in [5.41, 5.74) is 1.16. The van der Waals surface area contributed by atoms with Crippen LogP contribution in [0.5, 0.6) is 5.75 Å². The van der Waals surface area contributed by atoms with Crippen LogP contribution in [0.25, 0.3) is 0 Å². The van der Waals surface area contributed by atoms with E-state index in [9.17, 15) is 0 Å². The first kappa shape index (κ1) is 23.0. The van der Waals surface area contributed by atoms with E-state index < -0.39 is 0 Å². The van der Waals surface area contributed by atoms with E-state index in [1.165, 1.54) is 45.3 Å². The number of guanidine groups is 1. The molecular weight excluding hydrogens is 439 g/mol. The van der Waals surface area contributed by atoms with Crippen molar-refractivity contribution in [3.05, 3.63) is 29.8 Å². The maximum atomic E-state index is 5.99. The lowest BCUT2D eigenvalue weighted by atomic mass is 10.2. The molecule has 5 nitrogen and oxygen atoms in total. The number of aryl methyl sites for hydroxylation is 1. The lowest BCUT2D eigenvalue weighted by molar-refractivity contribution is 0.222. The molecule has 0 bridgehead atoms. The Morgan fingerprint density at radius 1 is 1.19 bits per heavy atom. The topological polar surface area (TPSA) is 48.9 Å². The molecule has 0 saturated carbocycles. The predicted octanol–water partition coefficient (Wildman–Crippen LogP) is 3.42. The van der Waals surface area contributed by atoms with Gasteiger partial charge in [-0.3, -0.25) is 4.99 Å². The van der Waals surface area contributed by atoms with Crippen LogP contribution < -0.4 is 15.4 Å². The summed E-state index contributed by atoms with van der Waals surface area (Å²) in [5.74, 6) is 1.79. The molecule has 1 aliphatic heterocycles. The SMILES string of the molecule is CN=C(NCCCCN1CCCC1)NCC(C)Oc1ccccc1C.I. The predicted molar refractivity (Wildman–Crippen MR) is 121 cm³/mol. The number of hydrogen-bond donors (Lipinski definition) is 2. The third kappa shape index (κ3) is 8.58. The van der Waals surface area contributed by atoms with E-state index in [0.717, 1.165) is 30.4 Å². The van der Waals surface area contributed by atoms with Gasteiger partial charge in [-0.05, 0) is 70.8 Å². The van der Waals surface area contributed by atoms with Gasteiger partial charge in [-0.2, -0.15) is 0 Å². The highest BCUT2D eigenvalue weighted by Crippen LogP contribution is 2.17. The number of ether oxygens (including phenoxy) is 1. The molecule has 2 rings (SSSR count). The summed E-state index contributed by atoms with van der Waals surface area (Å²) in [5, 5.41) is 6.73. The molecule has 0 aliphatic carbocycles. The van der Waals surface area contributed by atoms with Crippen LogP contribution in [0.4, 0.5) is 0 Å². The molecule has 0 radical (unpaired) electrons. The van der Waals surface area contributed by atoms with E-state index in [2.05, 4.69) is 40.4 Å². The molecule has 148 valence electrons. The van der Waals surface area contributed by atoms with Crippen LogP contribution in [0, 0.1) is 6.92 Å². The number of aliphatic imine (C=N–C) groups is 1. The molecule has 1 aliphatic rings. The highest BCUT2D eigenvalue weighted by Gasteiger charge is 2.10. The van der Waals surface area contributed by atoms with Crippen LogP contribution in [-0.2, 0) is 0 Å². The second kappa shape index (κ2) is 13.2. The van der Waals surface area contributed by atoms with Crippen molar-refractivity contribution in [1.82, 2.24) is 15.5 Å². The van der Waals surface area contributed by atoms with E-state index in [-0.39, 0.29) is 30.1 Å². The summed E-state index contributed by atoms with van der Waals surface area (Å²) < 4.78 is 5.99. The summed E-state index contributed by atoms with van der Waals surface area (Å²) >= 11 is 0. The second-order valence-electron chi connectivity index (χ2n) is 6.83. The Balaban J connectivity index is 0.00000338. The average molecular weight is 474 g/mol. The zero-order valence-corrected chi connectivity index (χ0v) is 18.8. The van der Waals surface area contributed by atoms with E-state index in [4.69, 9.17) is 4.74 Å². The fraction of sp³-hybridized carbons (Fsp3) is 0.650. The van der Waals surface area contributed by atoms with Gasteiger partial charge >= 0.3 is 0 Å². The minimum absolute atomic E-state index is 0. The van der Waals surface area contributed by atoms with E-state index in [1.54, 1.807) is 0 Å². The van der Waals surface area contributed by atoms with Crippen LogP contribution in [-0.4, -0.2) is 56.7 Å². The lowest BCUT2D eigenvalue weighted by Crippen LogP contribution is -2.42. The number of hydrogen-bond acceptors (Lipinski definition) is 3. The Morgan fingerprint density at radius 2 is 1.92 bits per heavy atom. The van der Waals surface area contributed by atoms with Crippen molar-refractivity contribution in [2.45, 2.75) is 45.6 Å². The van der Waals surface area contributed by atoms with Crippen LogP contribution in [0.15, 0.2) is 29.3 Å². The maximum absolute atomic E-state index is 5.99. The number of halogens is 1. The minimum atomic E-state index is 0. The van der Waals surface area contributed by atoms with Crippen LogP contribution >= 0.6 is 24.0 Å². The van der Waals surface area contributed by atoms with Crippen LogP contribution in [0.2, 0.25) is 0 Å². The molecule has 0 aromatic heterocycles. The molecule has 1 heterocycles. The molecule has 1 fully saturated rings. The Morgan fingerprint density at radius 3 is 2.62 bits per heavy atom. The first-order valence-electron chi connectivity index (χ1n) is 9.58. The average Bonchev–Trinajstić information content (AvgIpc) is 3.13. The zero-order chi connectivity index (χ0) is 17.9. The summed E-state index contributed by atoms with van der Waals surface area (Å²) in [6, 6.07) is 8.11. The Hall–Kier alpha value is -1.02. The first-order valence-corrected chi connectivity index (χ1v) is 9.58. The standard InChI is InChI=1S/C20H34N4O.HI/c1-17-10-4-5-11-19(17)25-18(2)16-23-20(21-3)22-12-6-7-13-24-14-8-9-15-24;/h4-5,10-11,18H,6-9,12-16H2,1-3H3,(H2,21,22,23);1H. The van der Waals surface area contributed by atoms with Crippen molar-refractivity contribution >= 4 is 29.9 Å². The molecule has 0 spiro atoms. The number of benzene rings is 1. The monoisotopic (exact) mass is 474 g/mol. The molecule has 2 N–H and O–H groups in total. The Bertz CT molecular complexity index is 532. The van der Waals surface area contributed by atoms with Gasteiger partial charge in [0.15, 0.2) is 5.96 Å². The molecular formula is C20H35IN4O. The number of likely N-dealkylation sites (tertiary alicyclic amines) is 1. The van der Waals surface area contributed by atoms with Gasteiger partial charge < -0.3 is 20.3 Å². The summed E-state index contributed by atoms with van der Waals surface area (Å²) in [6.45, 7) is 9.63. The number of rotatable bonds is 9. The third-order valence-corrected chi connectivity index (χ3v) is 4.59. The maximum Gasteiger partial charge on any atom is 0.191 e.